The summed E-state index contributed by atoms with van der Waals surface area (Å²) < 4.78 is 0. The number of nitrogens with one attached hydrogen (secondary N) is 1. The SMILES string of the molecule is CCNC(CC(C)C)C1(CC(C)C)CCCC1. The van der Waals surface area contributed by atoms with Gasteiger partial charge >= 0.3 is 0 Å². The summed E-state index contributed by atoms with van der Waals surface area (Å²) in [6.07, 6.45) is 8.57. The largest absolute Gasteiger partial charge is 0.314 e. The fraction of sp³-hybridized carbons (Fsp3) is 1.00. The van der Waals surface area contributed by atoms with Crippen LogP contribution < -0.4 is 5.32 Å². The predicted molar refractivity (Wildman–Crippen MR) is 77.3 cm³/mol. The maximum absolute atomic E-state index is 3.80. The molecule has 0 bridgehead atoms. The molecule has 0 saturated heterocycles. The fourth-order valence-corrected chi connectivity index (χ4v) is 3.85. The normalized spacial score (nSPS) is 21.4. The molecule has 1 aliphatic rings. The molecular weight excluding hydrogens is 206 g/mol. The second-order valence-corrected chi connectivity index (χ2v) is 6.91. The van der Waals surface area contributed by atoms with Gasteiger partial charge in [-0.05, 0) is 49.5 Å². The molecule has 0 amide bonds. The third kappa shape index (κ3) is 4.28. The van der Waals surface area contributed by atoms with Crippen LogP contribution in [0.2, 0.25) is 0 Å². The van der Waals surface area contributed by atoms with E-state index < -0.39 is 0 Å². The first-order valence-electron chi connectivity index (χ1n) is 7.73. The molecule has 17 heavy (non-hydrogen) atoms. The third-order valence-corrected chi connectivity index (χ3v) is 4.31. The highest BCUT2D eigenvalue weighted by atomic mass is 14.9. The van der Waals surface area contributed by atoms with E-state index in [1.807, 2.05) is 0 Å². The molecule has 0 spiro atoms. The first kappa shape index (κ1) is 15.0. The lowest BCUT2D eigenvalue weighted by Crippen LogP contribution is -2.45. The molecule has 0 aromatic rings. The van der Waals surface area contributed by atoms with Crippen LogP contribution in [0.4, 0.5) is 0 Å². The summed E-state index contributed by atoms with van der Waals surface area (Å²) in [7, 11) is 0. The van der Waals surface area contributed by atoms with Crippen LogP contribution in [-0.2, 0) is 0 Å². The molecule has 1 atom stereocenters. The molecule has 102 valence electrons. The molecule has 0 aliphatic heterocycles. The van der Waals surface area contributed by atoms with Gasteiger partial charge in [-0.2, -0.15) is 0 Å². The van der Waals surface area contributed by atoms with Gasteiger partial charge in [0, 0.05) is 6.04 Å². The highest BCUT2D eigenvalue weighted by Crippen LogP contribution is 2.47. The van der Waals surface area contributed by atoms with Gasteiger partial charge < -0.3 is 5.32 Å². The van der Waals surface area contributed by atoms with Gasteiger partial charge in [-0.15, -0.1) is 0 Å². The second-order valence-electron chi connectivity index (χ2n) is 6.91. The summed E-state index contributed by atoms with van der Waals surface area (Å²) in [6.45, 7) is 12.9. The average Bonchev–Trinajstić information content (AvgIpc) is 2.65. The van der Waals surface area contributed by atoms with E-state index in [-0.39, 0.29) is 0 Å². The van der Waals surface area contributed by atoms with Crippen LogP contribution in [-0.4, -0.2) is 12.6 Å². The first-order chi connectivity index (χ1) is 8.00. The van der Waals surface area contributed by atoms with E-state index in [0.717, 1.165) is 24.4 Å². The summed E-state index contributed by atoms with van der Waals surface area (Å²) >= 11 is 0. The van der Waals surface area contributed by atoms with Crippen molar-refractivity contribution in [1.82, 2.24) is 5.32 Å². The minimum absolute atomic E-state index is 0.606. The first-order valence-corrected chi connectivity index (χ1v) is 7.73. The van der Waals surface area contributed by atoms with E-state index in [1.54, 1.807) is 0 Å². The van der Waals surface area contributed by atoms with Gasteiger partial charge in [-0.3, -0.25) is 0 Å². The molecule has 1 fully saturated rings. The maximum atomic E-state index is 3.80. The van der Waals surface area contributed by atoms with E-state index in [0.29, 0.717) is 5.41 Å². The van der Waals surface area contributed by atoms with E-state index in [4.69, 9.17) is 0 Å². The number of rotatable bonds is 7. The molecule has 0 aromatic carbocycles. The minimum atomic E-state index is 0.606. The fourth-order valence-electron chi connectivity index (χ4n) is 3.85. The van der Waals surface area contributed by atoms with Crippen LogP contribution in [0.1, 0.15) is 73.1 Å². The quantitative estimate of drug-likeness (QED) is 0.683. The Morgan fingerprint density at radius 3 is 2.00 bits per heavy atom. The van der Waals surface area contributed by atoms with E-state index in [9.17, 15) is 0 Å². The Balaban J connectivity index is 2.76. The zero-order valence-corrected chi connectivity index (χ0v) is 12.7. The van der Waals surface area contributed by atoms with Crippen molar-refractivity contribution in [3.63, 3.8) is 0 Å². The Bertz CT molecular complexity index is 202. The van der Waals surface area contributed by atoms with Crippen LogP contribution in [0.15, 0.2) is 0 Å². The zero-order valence-electron chi connectivity index (χ0n) is 12.7. The molecule has 1 rings (SSSR count). The van der Waals surface area contributed by atoms with Gasteiger partial charge in [-0.1, -0.05) is 47.5 Å². The maximum Gasteiger partial charge on any atom is 0.0126 e. The molecule has 1 N–H and O–H groups in total. The van der Waals surface area contributed by atoms with E-state index in [2.05, 4.69) is 39.9 Å². The van der Waals surface area contributed by atoms with E-state index >= 15 is 0 Å². The van der Waals surface area contributed by atoms with Crippen LogP contribution >= 0.6 is 0 Å². The minimum Gasteiger partial charge on any atom is -0.314 e. The van der Waals surface area contributed by atoms with Gasteiger partial charge in [0.15, 0.2) is 0 Å². The van der Waals surface area contributed by atoms with Crippen molar-refractivity contribution < 1.29 is 0 Å². The molecule has 0 radical (unpaired) electrons. The molecule has 1 unspecified atom stereocenters. The van der Waals surface area contributed by atoms with Crippen molar-refractivity contribution in [2.24, 2.45) is 17.3 Å². The average molecular weight is 239 g/mol. The molecular formula is C16H33N. The lowest BCUT2D eigenvalue weighted by Gasteiger charge is -2.40. The van der Waals surface area contributed by atoms with Crippen molar-refractivity contribution in [2.45, 2.75) is 79.2 Å². The van der Waals surface area contributed by atoms with Gasteiger partial charge in [0.25, 0.3) is 0 Å². The Labute approximate surface area is 109 Å². The van der Waals surface area contributed by atoms with Crippen molar-refractivity contribution >= 4 is 0 Å². The van der Waals surface area contributed by atoms with Crippen molar-refractivity contribution in [3.8, 4) is 0 Å². The smallest absolute Gasteiger partial charge is 0.0126 e. The number of hydrogen-bond donors (Lipinski definition) is 1. The summed E-state index contributed by atoms with van der Waals surface area (Å²) in [4.78, 5) is 0. The highest BCUT2D eigenvalue weighted by Gasteiger charge is 2.41. The number of hydrogen-bond acceptors (Lipinski definition) is 1. The summed E-state index contributed by atoms with van der Waals surface area (Å²) in [5, 5.41) is 3.80. The molecule has 1 heteroatoms. The van der Waals surface area contributed by atoms with Crippen molar-refractivity contribution in [1.29, 1.82) is 0 Å². The lowest BCUT2D eigenvalue weighted by atomic mass is 9.70. The predicted octanol–water partition coefficient (Wildman–Crippen LogP) is 4.62. The lowest BCUT2D eigenvalue weighted by molar-refractivity contribution is 0.138. The Morgan fingerprint density at radius 2 is 1.59 bits per heavy atom. The molecule has 0 heterocycles. The van der Waals surface area contributed by atoms with Gasteiger partial charge in [0.2, 0.25) is 0 Å². The summed E-state index contributed by atoms with van der Waals surface area (Å²) in [5.74, 6) is 1.64. The molecule has 1 aliphatic carbocycles. The van der Waals surface area contributed by atoms with Gasteiger partial charge in [-0.25, -0.2) is 0 Å². The van der Waals surface area contributed by atoms with Gasteiger partial charge in [0.05, 0.1) is 0 Å². The van der Waals surface area contributed by atoms with Crippen molar-refractivity contribution in [2.75, 3.05) is 6.54 Å². The van der Waals surface area contributed by atoms with Crippen LogP contribution in [0, 0.1) is 17.3 Å². The molecule has 1 saturated carbocycles. The highest BCUT2D eigenvalue weighted by molar-refractivity contribution is 4.95. The Hall–Kier alpha value is -0.0400. The second kappa shape index (κ2) is 6.78. The Kier molecular flexibility index (Phi) is 5.99. The Morgan fingerprint density at radius 1 is 1.00 bits per heavy atom. The van der Waals surface area contributed by atoms with Crippen molar-refractivity contribution in [3.05, 3.63) is 0 Å². The summed E-state index contributed by atoms with van der Waals surface area (Å²) in [5.41, 5.74) is 0.606. The zero-order chi connectivity index (χ0) is 12.9. The van der Waals surface area contributed by atoms with Crippen LogP contribution in [0.5, 0.6) is 0 Å². The van der Waals surface area contributed by atoms with E-state index in [1.165, 1.54) is 38.5 Å². The molecule has 1 nitrogen and oxygen atoms in total. The topological polar surface area (TPSA) is 12.0 Å². The summed E-state index contributed by atoms with van der Waals surface area (Å²) in [6, 6.07) is 0.748. The standard InChI is InChI=1S/C16H33N/c1-6-17-15(11-13(2)3)16(12-14(4)5)9-7-8-10-16/h13-15,17H,6-12H2,1-5H3. The monoisotopic (exact) mass is 239 g/mol. The van der Waals surface area contributed by atoms with Gasteiger partial charge in [0.1, 0.15) is 0 Å². The van der Waals surface area contributed by atoms with Crippen LogP contribution in [0.25, 0.3) is 0 Å². The molecule has 0 aromatic heterocycles. The third-order valence-electron chi connectivity index (χ3n) is 4.31. The van der Waals surface area contributed by atoms with Crippen LogP contribution in [0.3, 0.4) is 0 Å².